The number of carbonyl (C=O) groups excluding carboxylic acids is 1. The predicted molar refractivity (Wildman–Crippen MR) is 72.7 cm³/mol. The second-order valence-electron chi connectivity index (χ2n) is 3.04. The number of thiocarbonyl (C=S) groups is 1. The minimum atomic E-state index is -0.280. The Kier molecular flexibility index (Phi) is 4.70. The first-order valence-corrected chi connectivity index (χ1v) is 5.89. The highest BCUT2D eigenvalue weighted by atomic mass is 79.9. The molecule has 1 rings (SSSR count). The first-order valence-electron chi connectivity index (χ1n) is 4.68. The van der Waals surface area contributed by atoms with E-state index in [1.54, 1.807) is 12.1 Å². The number of carbonyl (C=O) groups is 1. The molecule has 1 aromatic rings. The van der Waals surface area contributed by atoms with Gasteiger partial charge in [-0.2, -0.15) is 0 Å². The lowest BCUT2D eigenvalue weighted by Crippen LogP contribution is -2.29. The molecule has 0 aromatic heterocycles. The van der Waals surface area contributed by atoms with Crippen molar-refractivity contribution in [2.24, 2.45) is 5.73 Å². The Morgan fingerprint density at radius 2 is 2.25 bits per heavy atom. The van der Waals surface area contributed by atoms with Crippen LogP contribution in [0.25, 0.3) is 0 Å². The molecule has 16 heavy (non-hydrogen) atoms. The molecule has 0 saturated heterocycles. The lowest BCUT2D eigenvalue weighted by atomic mass is 10.2. The number of amides is 2. The summed E-state index contributed by atoms with van der Waals surface area (Å²) in [6.07, 6.45) is 0. The van der Waals surface area contributed by atoms with Gasteiger partial charge >= 0.3 is 6.03 Å². The summed E-state index contributed by atoms with van der Waals surface area (Å²) >= 11 is 8.22. The van der Waals surface area contributed by atoms with Gasteiger partial charge in [-0.05, 0) is 25.1 Å². The van der Waals surface area contributed by atoms with Crippen LogP contribution in [0.5, 0.6) is 0 Å². The van der Waals surface area contributed by atoms with E-state index >= 15 is 0 Å². The van der Waals surface area contributed by atoms with Crippen molar-refractivity contribution in [3.8, 4) is 0 Å². The summed E-state index contributed by atoms with van der Waals surface area (Å²) < 4.78 is 0.847. The number of hydrogen-bond donors (Lipinski definition) is 3. The molecule has 0 atom stereocenters. The molecule has 0 unspecified atom stereocenters. The molecule has 86 valence electrons. The zero-order chi connectivity index (χ0) is 12.1. The fourth-order valence-electron chi connectivity index (χ4n) is 1.16. The van der Waals surface area contributed by atoms with Crippen LogP contribution in [0.3, 0.4) is 0 Å². The van der Waals surface area contributed by atoms with Crippen molar-refractivity contribution in [3.05, 3.63) is 28.2 Å². The number of urea groups is 1. The summed E-state index contributed by atoms with van der Waals surface area (Å²) in [6.45, 7) is 2.40. The van der Waals surface area contributed by atoms with E-state index in [2.05, 4.69) is 26.6 Å². The molecule has 0 aliphatic carbocycles. The van der Waals surface area contributed by atoms with Crippen molar-refractivity contribution in [1.82, 2.24) is 5.32 Å². The highest BCUT2D eigenvalue weighted by Gasteiger charge is 2.08. The fraction of sp³-hybridized carbons (Fsp3) is 0.200. The molecule has 2 amide bonds. The van der Waals surface area contributed by atoms with Crippen molar-refractivity contribution >= 4 is 44.9 Å². The summed E-state index contributed by atoms with van der Waals surface area (Å²) in [6, 6.07) is 5.05. The lowest BCUT2D eigenvalue weighted by molar-refractivity contribution is 0.252. The van der Waals surface area contributed by atoms with Crippen molar-refractivity contribution in [1.29, 1.82) is 0 Å². The highest BCUT2D eigenvalue weighted by molar-refractivity contribution is 9.10. The number of benzene rings is 1. The molecule has 4 nitrogen and oxygen atoms in total. The van der Waals surface area contributed by atoms with Crippen LogP contribution in [-0.4, -0.2) is 17.6 Å². The third kappa shape index (κ3) is 3.46. The second kappa shape index (κ2) is 5.81. The Morgan fingerprint density at radius 1 is 1.56 bits per heavy atom. The van der Waals surface area contributed by atoms with Gasteiger partial charge in [-0.15, -0.1) is 0 Å². The molecule has 6 heteroatoms. The van der Waals surface area contributed by atoms with Gasteiger partial charge < -0.3 is 16.4 Å². The van der Waals surface area contributed by atoms with Crippen molar-refractivity contribution in [2.75, 3.05) is 11.9 Å². The highest BCUT2D eigenvalue weighted by Crippen LogP contribution is 2.21. The summed E-state index contributed by atoms with van der Waals surface area (Å²) in [5.74, 6) is 0. The van der Waals surface area contributed by atoms with Gasteiger partial charge in [-0.1, -0.05) is 28.1 Å². The van der Waals surface area contributed by atoms with Crippen LogP contribution >= 0.6 is 28.1 Å². The molecular formula is C10H12BrN3OS. The van der Waals surface area contributed by atoms with Gasteiger partial charge in [-0.25, -0.2) is 4.79 Å². The van der Waals surface area contributed by atoms with Crippen LogP contribution < -0.4 is 16.4 Å². The van der Waals surface area contributed by atoms with Gasteiger partial charge in [0.2, 0.25) is 0 Å². The summed E-state index contributed by atoms with van der Waals surface area (Å²) in [5.41, 5.74) is 6.79. The smallest absolute Gasteiger partial charge is 0.319 e. The minimum Gasteiger partial charge on any atom is -0.389 e. The quantitative estimate of drug-likeness (QED) is 0.750. The van der Waals surface area contributed by atoms with E-state index in [1.165, 1.54) is 0 Å². The first kappa shape index (κ1) is 12.9. The maximum Gasteiger partial charge on any atom is 0.319 e. The Hall–Kier alpha value is -1.14. The lowest BCUT2D eigenvalue weighted by Gasteiger charge is -2.10. The Labute approximate surface area is 108 Å². The van der Waals surface area contributed by atoms with Crippen LogP contribution in [0.1, 0.15) is 12.5 Å². The molecule has 4 N–H and O–H groups in total. The van der Waals surface area contributed by atoms with Crippen LogP contribution in [0, 0.1) is 0 Å². The van der Waals surface area contributed by atoms with Gasteiger partial charge in [-0.3, -0.25) is 0 Å². The average Bonchev–Trinajstić information content (AvgIpc) is 2.17. The molecule has 0 fully saturated rings. The van der Waals surface area contributed by atoms with Crippen LogP contribution in [0.2, 0.25) is 0 Å². The molecule has 0 aliphatic heterocycles. The minimum absolute atomic E-state index is 0.249. The first-order chi connectivity index (χ1) is 7.54. The molecule has 0 radical (unpaired) electrons. The molecule has 0 aliphatic rings. The number of halogens is 1. The van der Waals surface area contributed by atoms with Gasteiger partial charge in [0.05, 0.1) is 5.69 Å². The molecule has 0 saturated carbocycles. The van der Waals surface area contributed by atoms with E-state index in [9.17, 15) is 4.79 Å². The average molecular weight is 302 g/mol. The van der Waals surface area contributed by atoms with Crippen LogP contribution in [-0.2, 0) is 0 Å². The van der Waals surface area contributed by atoms with Gasteiger partial charge in [0.15, 0.2) is 0 Å². The SMILES string of the molecule is CCNC(=O)Nc1cc(Br)ccc1C(N)=S. The Balaban J connectivity index is 2.96. The Morgan fingerprint density at radius 3 is 2.81 bits per heavy atom. The van der Waals surface area contributed by atoms with Gasteiger partial charge in [0.25, 0.3) is 0 Å². The number of anilines is 1. The van der Waals surface area contributed by atoms with Crippen LogP contribution in [0.15, 0.2) is 22.7 Å². The predicted octanol–water partition coefficient (Wildman–Crippen LogP) is 2.22. The van der Waals surface area contributed by atoms with E-state index in [0.29, 0.717) is 17.8 Å². The van der Waals surface area contributed by atoms with E-state index in [4.69, 9.17) is 18.0 Å². The monoisotopic (exact) mass is 301 g/mol. The third-order valence-corrected chi connectivity index (χ3v) is 2.55. The summed E-state index contributed by atoms with van der Waals surface area (Å²) in [5, 5.41) is 5.32. The van der Waals surface area contributed by atoms with E-state index in [0.717, 1.165) is 4.47 Å². The zero-order valence-corrected chi connectivity index (χ0v) is 11.1. The molecular weight excluding hydrogens is 290 g/mol. The number of nitrogens with two attached hydrogens (primary N) is 1. The van der Waals surface area contributed by atoms with E-state index in [1.807, 2.05) is 13.0 Å². The summed E-state index contributed by atoms with van der Waals surface area (Å²) in [4.78, 5) is 11.6. The van der Waals surface area contributed by atoms with Crippen molar-refractivity contribution in [3.63, 3.8) is 0 Å². The summed E-state index contributed by atoms with van der Waals surface area (Å²) in [7, 11) is 0. The number of rotatable bonds is 3. The maximum absolute atomic E-state index is 11.4. The Bertz CT molecular complexity index is 423. The number of nitrogens with one attached hydrogen (secondary N) is 2. The fourth-order valence-corrected chi connectivity index (χ4v) is 1.70. The van der Waals surface area contributed by atoms with Crippen LogP contribution in [0.4, 0.5) is 10.5 Å². The van der Waals surface area contributed by atoms with Crippen molar-refractivity contribution < 1.29 is 4.79 Å². The maximum atomic E-state index is 11.4. The second-order valence-corrected chi connectivity index (χ2v) is 4.39. The van der Waals surface area contributed by atoms with Gasteiger partial charge in [0.1, 0.15) is 4.99 Å². The van der Waals surface area contributed by atoms with Gasteiger partial charge in [0, 0.05) is 16.6 Å². The topological polar surface area (TPSA) is 67.2 Å². The molecule has 0 bridgehead atoms. The standard InChI is InChI=1S/C10H12BrN3OS/c1-2-13-10(15)14-8-5-6(11)3-4-7(8)9(12)16/h3-5H,2H2,1H3,(H2,12,16)(H2,13,14,15). The largest absolute Gasteiger partial charge is 0.389 e. The number of hydrogen-bond acceptors (Lipinski definition) is 2. The zero-order valence-electron chi connectivity index (χ0n) is 8.71. The van der Waals surface area contributed by atoms with E-state index in [-0.39, 0.29) is 11.0 Å². The van der Waals surface area contributed by atoms with Crippen molar-refractivity contribution in [2.45, 2.75) is 6.92 Å². The molecule has 0 spiro atoms. The molecule has 0 heterocycles. The third-order valence-electron chi connectivity index (χ3n) is 1.83. The van der Waals surface area contributed by atoms with E-state index < -0.39 is 0 Å². The molecule has 1 aromatic carbocycles. The normalized spacial score (nSPS) is 9.62.